The molecule has 188 valence electrons. The van der Waals surface area contributed by atoms with Crippen LogP contribution >= 0.6 is 0 Å². The summed E-state index contributed by atoms with van der Waals surface area (Å²) in [5.74, 6) is -2.56. The molecule has 1 amide bonds. The summed E-state index contributed by atoms with van der Waals surface area (Å²) >= 11 is 0. The number of carbonyl (C=O) groups excluding carboxylic acids is 1. The number of fused-ring (bicyclic) bond motifs is 1. The van der Waals surface area contributed by atoms with Crippen LogP contribution in [-0.2, 0) is 14.6 Å². The molecule has 0 radical (unpaired) electrons. The molecule has 0 spiro atoms. The second-order valence-corrected chi connectivity index (χ2v) is 10.9. The van der Waals surface area contributed by atoms with Gasteiger partial charge in [-0.2, -0.15) is 5.26 Å². The van der Waals surface area contributed by atoms with Crippen LogP contribution < -0.4 is 10.3 Å². The summed E-state index contributed by atoms with van der Waals surface area (Å²) < 4.78 is 55.4. The van der Waals surface area contributed by atoms with Gasteiger partial charge in [-0.05, 0) is 18.9 Å². The molecule has 1 aromatic carbocycles. The number of piperidine rings is 1. The Balaban J connectivity index is 1.86. The van der Waals surface area contributed by atoms with Gasteiger partial charge in [-0.25, -0.2) is 22.2 Å². The number of H-pyrrole nitrogens is 1. The zero-order valence-corrected chi connectivity index (χ0v) is 20.6. The maximum absolute atomic E-state index is 15.6. The van der Waals surface area contributed by atoms with E-state index in [0.717, 1.165) is 24.6 Å². The van der Waals surface area contributed by atoms with E-state index < -0.39 is 38.2 Å². The summed E-state index contributed by atoms with van der Waals surface area (Å²) in [5.41, 5.74) is -1.52. The molecule has 0 aliphatic carbocycles. The van der Waals surface area contributed by atoms with Crippen LogP contribution in [0.2, 0.25) is 0 Å². The molecular formula is C24H23F2N5O4S. The van der Waals surface area contributed by atoms with Gasteiger partial charge in [0.25, 0.3) is 0 Å². The molecule has 36 heavy (non-hydrogen) atoms. The number of nitrogens with zero attached hydrogens (tertiary/aromatic N) is 4. The lowest BCUT2D eigenvalue weighted by Gasteiger charge is -2.35. The first-order valence-electron chi connectivity index (χ1n) is 11.0. The molecule has 3 aromatic rings. The van der Waals surface area contributed by atoms with Crippen molar-refractivity contribution in [2.45, 2.75) is 17.7 Å². The van der Waals surface area contributed by atoms with E-state index in [9.17, 15) is 23.3 Å². The zero-order chi connectivity index (χ0) is 26.4. The van der Waals surface area contributed by atoms with Crippen LogP contribution in [0, 0.1) is 28.9 Å². The Morgan fingerprint density at radius 3 is 2.64 bits per heavy atom. The molecule has 4 rings (SSSR count). The van der Waals surface area contributed by atoms with Gasteiger partial charge in [0, 0.05) is 57.3 Å². The highest BCUT2D eigenvalue weighted by Crippen LogP contribution is 2.34. The minimum atomic E-state index is -3.81. The number of sulfone groups is 1. The van der Waals surface area contributed by atoms with Gasteiger partial charge >= 0.3 is 0 Å². The summed E-state index contributed by atoms with van der Waals surface area (Å²) in [6, 6.07) is 4.96. The van der Waals surface area contributed by atoms with Gasteiger partial charge in [-0.1, -0.05) is 0 Å². The fourth-order valence-corrected chi connectivity index (χ4v) is 5.34. The van der Waals surface area contributed by atoms with Gasteiger partial charge in [0.05, 0.1) is 27.4 Å². The first-order valence-corrected chi connectivity index (χ1v) is 12.9. The Morgan fingerprint density at radius 1 is 1.28 bits per heavy atom. The molecule has 1 N–H and O–H groups in total. The van der Waals surface area contributed by atoms with Crippen molar-refractivity contribution in [1.82, 2.24) is 14.9 Å². The summed E-state index contributed by atoms with van der Waals surface area (Å²) in [7, 11) is -0.572. The van der Waals surface area contributed by atoms with Crippen LogP contribution in [0.4, 0.5) is 14.5 Å². The number of pyridine rings is 2. The Kier molecular flexibility index (Phi) is 6.53. The second kappa shape index (κ2) is 9.31. The van der Waals surface area contributed by atoms with Crippen LogP contribution in [0.5, 0.6) is 0 Å². The molecule has 2 aromatic heterocycles. The Bertz CT molecular complexity index is 1590. The molecular weight excluding hydrogens is 492 g/mol. The molecule has 3 heterocycles. The molecule has 0 saturated carbocycles. The predicted molar refractivity (Wildman–Crippen MR) is 129 cm³/mol. The van der Waals surface area contributed by atoms with Gasteiger partial charge < -0.3 is 14.8 Å². The van der Waals surface area contributed by atoms with Crippen molar-refractivity contribution in [1.29, 1.82) is 5.26 Å². The zero-order valence-electron chi connectivity index (χ0n) is 19.8. The maximum Gasteiger partial charge on any atom is 0.226 e. The number of hydrogen-bond acceptors (Lipinski definition) is 7. The highest BCUT2D eigenvalue weighted by Gasteiger charge is 2.31. The lowest BCUT2D eigenvalue weighted by atomic mass is 9.96. The molecule has 12 heteroatoms. The van der Waals surface area contributed by atoms with Crippen molar-refractivity contribution >= 4 is 32.3 Å². The lowest BCUT2D eigenvalue weighted by Crippen LogP contribution is -2.43. The van der Waals surface area contributed by atoms with Crippen molar-refractivity contribution in [2.24, 2.45) is 5.92 Å². The van der Waals surface area contributed by atoms with Crippen molar-refractivity contribution in [3.8, 4) is 17.3 Å². The number of carbonyl (C=O) groups is 1. The van der Waals surface area contributed by atoms with E-state index in [-0.39, 0.29) is 45.5 Å². The SMILES string of the molecule is CN(C)C(=O)[C@H]1CCCN(c2c(F)cc3[nH]c(-c4cc(C#N)ncc4S(C)(=O)=O)cc(=O)c3c2F)C1. The Hall–Kier alpha value is -3.85. The number of halogens is 2. The predicted octanol–water partition coefficient (Wildman–Crippen LogP) is 2.45. The smallest absolute Gasteiger partial charge is 0.226 e. The fourth-order valence-electron chi connectivity index (χ4n) is 4.52. The van der Waals surface area contributed by atoms with E-state index in [0.29, 0.717) is 19.4 Å². The van der Waals surface area contributed by atoms with Gasteiger partial charge in [0.1, 0.15) is 17.5 Å². The van der Waals surface area contributed by atoms with Crippen LogP contribution in [0.15, 0.2) is 34.1 Å². The number of benzene rings is 1. The van der Waals surface area contributed by atoms with Crippen molar-refractivity contribution in [3.05, 3.63) is 51.9 Å². The van der Waals surface area contributed by atoms with Gasteiger partial charge in [0.15, 0.2) is 26.9 Å². The van der Waals surface area contributed by atoms with Crippen molar-refractivity contribution < 1.29 is 22.0 Å². The van der Waals surface area contributed by atoms with Gasteiger partial charge in [0.2, 0.25) is 5.91 Å². The number of anilines is 1. The first kappa shape index (κ1) is 25.2. The molecule has 0 bridgehead atoms. The van der Waals surface area contributed by atoms with Crippen LogP contribution in [0.25, 0.3) is 22.2 Å². The average Bonchev–Trinajstić information content (AvgIpc) is 2.82. The average molecular weight is 516 g/mol. The number of nitrogens with one attached hydrogen (secondary N) is 1. The highest BCUT2D eigenvalue weighted by atomic mass is 32.2. The van der Waals surface area contributed by atoms with Gasteiger partial charge in [-0.15, -0.1) is 0 Å². The quantitative estimate of drug-likeness (QED) is 0.565. The molecule has 9 nitrogen and oxygen atoms in total. The summed E-state index contributed by atoms with van der Waals surface area (Å²) in [5, 5.41) is 8.78. The number of aromatic amines is 1. The topological polar surface area (TPSA) is 127 Å². The molecule has 0 unspecified atom stereocenters. The van der Waals surface area contributed by atoms with E-state index in [2.05, 4.69) is 9.97 Å². The number of nitriles is 1. The van der Waals surface area contributed by atoms with E-state index in [1.165, 1.54) is 15.9 Å². The highest BCUT2D eigenvalue weighted by molar-refractivity contribution is 7.90. The first-order chi connectivity index (χ1) is 16.9. The number of aromatic nitrogens is 2. The lowest BCUT2D eigenvalue weighted by molar-refractivity contribution is -0.133. The van der Waals surface area contributed by atoms with E-state index >= 15 is 8.78 Å². The summed E-state index contributed by atoms with van der Waals surface area (Å²) in [4.78, 5) is 34.6. The molecule has 1 fully saturated rings. The number of rotatable bonds is 4. The molecule has 1 aliphatic heterocycles. The molecule has 1 atom stereocenters. The fraction of sp³-hybridized carbons (Fsp3) is 0.333. The minimum absolute atomic E-state index is 0.0194. The van der Waals surface area contributed by atoms with Gasteiger partial charge in [-0.3, -0.25) is 9.59 Å². The largest absolute Gasteiger partial charge is 0.366 e. The van der Waals surface area contributed by atoms with Crippen LogP contribution in [-0.4, -0.2) is 62.6 Å². The normalized spacial score (nSPS) is 16.1. The van der Waals surface area contributed by atoms with Crippen LogP contribution in [0.1, 0.15) is 18.5 Å². The maximum atomic E-state index is 15.6. The van der Waals surface area contributed by atoms with E-state index in [1.807, 2.05) is 0 Å². The standard InChI is InChI=1S/C24H23F2N5O4S/c1-30(2)24(33)13-5-4-6-31(12-13)23-16(25)8-18-21(22(23)26)19(32)9-17(29-18)15-7-14(10-27)28-11-20(15)36(3,34)35/h7-9,11,13H,4-6,12H2,1-3H3,(H,29,32)/t13-/m0/s1. The van der Waals surface area contributed by atoms with Crippen molar-refractivity contribution in [2.75, 3.05) is 38.3 Å². The van der Waals surface area contributed by atoms with E-state index in [1.54, 1.807) is 20.2 Å². The summed E-state index contributed by atoms with van der Waals surface area (Å²) in [6.45, 7) is 0.427. The summed E-state index contributed by atoms with van der Waals surface area (Å²) in [6.07, 6.45) is 3.08. The molecule has 1 aliphatic rings. The third kappa shape index (κ3) is 4.54. The Morgan fingerprint density at radius 2 is 2.00 bits per heavy atom. The Labute approximate surface area is 205 Å². The minimum Gasteiger partial charge on any atom is -0.366 e. The number of hydrogen-bond donors (Lipinski definition) is 1. The third-order valence-corrected chi connectivity index (χ3v) is 7.31. The van der Waals surface area contributed by atoms with E-state index in [4.69, 9.17) is 0 Å². The van der Waals surface area contributed by atoms with Crippen molar-refractivity contribution in [3.63, 3.8) is 0 Å². The van der Waals surface area contributed by atoms with Crippen LogP contribution in [0.3, 0.4) is 0 Å². The second-order valence-electron chi connectivity index (χ2n) is 8.96. The molecule has 1 saturated heterocycles. The monoisotopic (exact) mass is 515 g/mol. The third-order valence-electron chi connectivity index (χ3n) is 6.18. The number of amides is 1.